The lowest BCUT2D eigenvalue weighted by Crippen LogP contribution is -2.59. The van der Waals surface area contributed by atoms with Gasteiger partial charge in [-0.25, -0.2) is 4.39 Å². The molecule has 2 fully saturated rings. The van der Waals surface area contributed by atoms with Gasteiger partial charge in [-0.05, 0) is 77.9 Å². The van der Waals surface area contributed by atoms with Crippen LogP contribution in [-0.2, 0) is 16.8 Å². The van der Waals surface area contributed by atoms with Crippen molar-refractivity contribution in [2.24, 2.45) is 5.11 Å². The van der Waals surface area contributed by atoms with Crippen molar-refractivity contribution in [1.29, 1.82) is 0 Å². The molecule has 0 aromatic heterocycles. The molecule has 36 heavy (non-hydrogen) atoms. The van der Waals surface area contributed by atoms with Gasteiger partial charge in [-0.15, -0.1) is 0 Å². The molecular weight excluding hydrogens is 455 g/mol. The molecular formula is C28H29FN6O. The van der Waals surface area contributed by atoms with Crippen LogP contribution in [0.4, 0.5) is 10.1 Å². The summed E-state index contributed by atoms with van der Waals surface area (Å²) < 4.78 is 13.7. The third kappa shape index (κ3) is 3.36. The maximum absolute atomic E-state index is 13.8. The zero-order valence-electron chi connectivity index (χ0n) is 20.4. The first kappa shape index (κ1) is 22.8. The summed E-state index contributed by atoms with van der Waals surface area (Å²) in [5.74, 6) is -0.224. The molecule has 0 saturated carbocycles. The van der Waals surface area contributed by atoms with E-state index in [0.717, 1.165) is 25.2 Å². The minimum absolute atomic E-state index is 0.0709. The monoisotopic (exact) mass is 484 g/mol. The molecule has 184 valence electrons. The Labute approximate surface area is 209 Å². The van der Waals surface area contributed by atoms with E-state index < -0.39 is 5.54 Å². The summed E-state index contributed by atoms with van der Waals surface area (Å²) in [5.41, 5.74) is 11.5. The molecule has 1 spiro atoms. The van der Waals surface area contributed by atoms with Gasteiger partial charge in [-0.2, -0.15) is 0 Å². The van der Waals surface area contributed by atoms with Gasteiger partial charge in [0.1, 0.15) is 11.4 Å². The van der Waals surface area contributed by atoms with Gasteiger partial charge in [0.2, 0.25) is 5.91 Å². The molecule has 0 bridgehead atoms. The Morgan fingerprint density at radius 3 is 2.50 bits per heavy atom. The maximum Gasteiger partial charge on any atom is 0.250 e. The molecule has 3 aromatic rings. The summed E-state index contributed by atoms with van der Waals surface area (Å²) in [4.78, 5) is 23.1. The normalized spacial score (nSPS) is 23.0. The van der Waals surface area contributed by atoms with Crippen molar-refractivity contribution in [2.75, 3.05) is 37.7 Å². The van der Waals surface area contributed by atoms with Crippen LogP contribution in [0.5, 0.6) is 0 Å². The predicted molar refractivity (Wildman–Crippen MR) is 138 cm³/mol. The first-order valence-electron chi connectivity index (χ1n) is 12.6. The Kier molecular flexibility index (Phi) is 5.39. The molecule has 0 N–H and O–H groups in total. The van der Waals surface area contributed by atoms with Gasteiger partial charge in [-0.1, -0.05) is 41.5 Å². The van der Waals surface area contributed by atoms with E-state index in [9.17, 15) is 9.18 Å². The second kappa shape index (κ2) is 8.50. The fraction of sp³-hybridized carbons (Fsp3) is 0.393. The van der Waals surface area contributed by atoms with E-state index in [1.807, 2.05) is 0 Å². The van der Waals surface area contributed by atoms with E-state index in [-0.39, 0.29) is 23.8 Å². The molecule has 2 heterocycles. The first-order chi connectivity index (χ1) is 17.5. The lowest BCUT2D eigenvalue weighted by Gasteiger charge is -2.48. The Morgan fingerprint density at radius 1 is 1.06 bits per heavy atom. The highest BCUT2D eigenvalue weighted by atomic mass is 19.1. The van der Waals surface area contributed by atoms with Crippen molar-refractivity contribution in [3.63, 3.8) is 0 Å². The number of hydrogen-bond donors (Lipinski definition) is 0. The molecule has 3 aromatic carbocycles. The van der Waals surface area contributed by atoms with E-state index in [4.69, 9.17) is 5.53 Å². The van der Waals surface area contributed by atoms with Gasteiger partial charge in [-0.3, -0.25) is 9.69 Å². The number of benzene rings is 3. The number of carbonyl (C=O) groups is 1. The smallest absolute Gasteiger partial charge is 0.250 e. The first-order valence-corrected chi connectivity index (χ1v) is 12.6. The average molecular weight is 485 g/mol. The van der Waals surface area contributed by atoms with Crippen LogP contribution >= 0.6 is 0 Å². The van der Waals surface area contributed by atoms with Crippen LogP contribution in [-0.4, -0.2) is 54.1 Å². The highest BCUT2D eigenvalue weighted by Crippen LogP contribution is 2.48. The number of nitrogens with zero attached hydrogens (tertiary/aromatic N) is 6. The van der Waals surface area contributed by atoms with Crippen molar-refractivity contribution in [1.82, 2.24) is 9.80 Å². The van der Waals surface area contributed by atoms with Gasteiger partial charge in [0, 0.05) is 42.3 Å². The second-order valence-corrected chi connectivity index (χ2v) is 10.4. The standard InChI is InChI=1S/C28H29FN6O/c1-27(18-21-6-2-4-20-5-3-7-24(27)25(20)21)34-15-12-28(13-16-34)26(36)33(17-14-31-32-30)19-35(28)23-10-8-22(29)9-11-23/h2-11H,12-19H2,1H3/t27-/m1/s1. The van der Waals surface area contributed by atoms with E-state index in [1.54, 1.807) is 17.0 Å². The average Bonchev–Trinajstić information content (AvgIpc) is 3.34. The zero-order chi connectivity index (χ0) is 24.9. The second-order valence-electron chi connectivity index (χ2n) is 10.4. The molecule has 7 nitrogen and oxygen atoms in total. The molecule has 0 unspecified atom stereocenters. The van der Waals surface area contributed by atoms with Crippen LogP contribution in [0.2, 0.25) is 0 Å². The maximum atomic E-state index is 13.8. The number of amides is 1. The number of rotatable bonds is 5. The molecule has 1 aliphatic carbocycles. The summed E-state index contributed by atoms with van der Waals surface area (Å²) >= 11 is 0. The van der Waals surface area contributed by atoms with E-state index in [0.29, 0.717) is 26.1 Å². The van der Waals surface area contributed by atoms with Gasteiger partial charge in [0.15, 0.2) is 0 Å². The molecule has 8 heteroatoms. The lowest BCUT2D eigenvalue weighted by molar-refractivity contribution is -0.134. The van der Waals surface area contributed by atoms with Crippen molar-refractivity contribution >= 4 is 22.4 Å². The number of carbonyl (C=O) groups excluding carboxylic acids is 1. The van der Waals surface area contributed by atoms with Crippen molar-refractivity contribution in [2.45, 2.75) is 37.3 Å². The van der Waals surface area contributed by atoms with Crippen LogP contribution in [0.1, 0.15) is 30.9 Å². The van der Waals surface area contributed by atoms with Crippen LogP contribution < -0.4 is 4.90 Å². The summed E-state index contributed by atoms with van der Waals surface area (Å²) in [5, 5.41) is 6.29. The quantitative estimate of drug-likeness (QED) is 0.284. The van der Waals surface area contributed by atoms with E-state index in [1.165, 1.54) is 34.0 Å². The SMILES string of the molecule is C[C@@]1(N2CCC3(CC2)C(=O)N(CCN=[N+]=[N-])CN3c2ccc(F)cc2)Cc2cccc3cccc1c23. The minimum atomic E-state index is -0.682. The molecule has 1 atom stereocenters. The fourth-order valence-corrected chi connectivity index (χ4v) is 6.73. The molecule has 2 aliphatic heterocycles. The van der Waals surface area contributed by atoms with Crippen LogP contribution in [0.15, 0.2) is 65.8 Å². The number of halogens is 1. The Bertz CT molecular complexity index is 1370. The number of anilines is 1. The van der Waals surface area contributed by atoms with Crippen molar-refractivity contribution in [3.05, 3.63) is 88.1 Å². The lowest BCUT2D eigenvalue weighted by atomic mass is 9.81. The Hall–Kier alpha value is -3.61. The minimum Gasteiger partial charge on any atom is -0.339 e. The molecule has 1 amide bonds. The largest absolute Gasteiger partial charge is 0.339 e. The summed E-state index contributed by atoms with van der Waals surface area (Å²) in [6.45, 7) is 4.93. The van der Waals surface area contributed by atoms with Crippen LogP contribution in [0, 0.1) is 5.82 Å². The van der Waals surface area contributed by atoms with Crippen molar-refractivity contribution in [3.8, 4) is 0 Å². The summed E-state index contributed by atoms with van der Waals surface area (Å²) in [7, 11) is 0. The number of piperidine rings is 1. The molecule has 0 radical (unpaired) electrons. The fourth-order valence-electron chi connectivity index (χ4n) is 6.73. The zero-order valence-corrected chi connectivity index (χ0v) is 20.4. The number of hydrogen-bond acceptors (Lipinski definition) is 4. The van der Waals surface area contributed by atoms with E-state index >= 15 is 0 Å². The number of azide groups is 1. The summed E-state index contributed by atoms with van der Waals surface area (Å²) in [6.07, 6.45) is 2.33. The molecule has 3 aliphatic rings. The number of likely N-dealkylation sites (tertiary alicyclic amines) is 1. The topological polar surface area (TPSA) is 75.5 Å². The molecule has 2 saturated heterocycles. The summed E-state index contributed by atoms with van der Waals surface area (Å²) in [6, 6.07) is 19.5. The van der Waals surface area contributed by atoms with Crippen LogP contribution in [0.25, 0.3) is 21.2 Å². The van der Waals surface area contributed by atoms with Crippen molar-refractivity contribution < 1.29 is 9.18 Å². The van der Waals surface area contributed by atoms with Gasteiger partial charge < -0.3 is 9.80 Å². The van der Waals surface area contributed by atoms with Gasteiger partial charge in [0.05, 0.1) is 6.67 Å². The Balaban J connectivity index is 1.30. The molecule has 6 rings (SSSR count). The van der Waals surface area contributed by atoms with Gasteiger partial charge in [0.25, 0.3) is 0 Å². The highest BCUT2D eigenvalue weighted by Gasteiger charge is 2.55. The van der Waals surface area contributed by atoms with Gasteiger partial charge >= 0.3 is 0 Å². The third-order valence-electron chi connectivity index (χ3n) is 8.58. The predicted octanol–water partition coefficient (Wildman–Crippen LogP) is 5.20. The Morgan fingerprint density at radius 2 is 1.78 bits per heavy atom. The van der Waals surface area contributed by atoms with Crippen LogP contribution in [0.3, 0.4) is 0 Å². The highest BCUT2D eigenvalue weighted by molar-refractivity contribution is 5.94. The third-order valence-corrected chi connectivity index (χ3v) is 8.58. The van der Waals surface area contributed by atoms with E-state index in [2.05, 4.69) is 63.1 Å².